The molecule has 2 unspecified atom stereocenters. The van der Waals surface area contributed by atoms with Crippen LogP contribution in [0.4, 0.5) is 0 Å². The van der Waals surface area contributed by atoms with E-state index in [1.54, 1.807) is 7.11 Å². The molecule has 0 aromatic heterocycles. The van der Waals surface area contributed by atoms with Crippen molar-refractivity contribution in [1.82, 2.24) is 10.6 Å². The Bertz CT molecular complexity index is 446. The molecule has 2 N–H and O–H groups in total. The third-order valence-electron chi connectivity index (χ3n) is 4.18. The molecule has 0 saturated carbocycles. The summed E-state index contributed by atoms with van der Waals surface area (Å²) in [6, 6.07) is 7.97. The maximum absolute atomic E-state index is 12.3. The summed E-state index contributed by atoms with van der Waals surface area (Å²) in [4.78, 5) is 12.3. The van der Waals surface area contributed by atoms with E-state index in [-0.39, 0.29) is 30.3 Å². The highest BCUT2D eigenvalue weighted by Crippen LogP contribution is 2.22. The molecule has 1 saturated heterocycles. The normalized spacial score (nSPS) is 17.1. The van der Waals surface area contributed by atoms with Crippen molar-refractivity contribution in [3.8, 4) is 5.75 Å². The molecule has 0 radical (unpaired) electrons. The molecule has 0 bridgehead atoms. The van der Waals surface area contributed by atoms with Gasteiger partial charge in [-0.3, -0.25) is 4.79 Å². The second kappa shape index (κ2) is 8.25. The summed E-state index contributed by atoms with van der Waals surface area (Å²) in [5, 5.41) is 6.38. The topological polar surface area (TPSA) is 50.4 Å². The highest BCUT2D eigenvalue weighted by atomic mass is 35.5. The van der Waals surface area contributed by atoms with Gasteiger partial charge in [0, 0.05) is 5.92 Å². The zero-order chi connectivity index (χ0) is 14.5. The summed E-state index contributed by atoms with van der Waals surface area (Å²) < 4.78 is 5.16. The van der Waals surface area contributed by atoms with E-state index in [1.165, 1.54) is 0 Å². The van der Waals surface area contributed by atoms with E-state index >= 15 is 0 Å². The monoisotopic (exact) mass is 312 g/mol. The van der Waals surface area contributed by atoms with Crippen LogP contribution in [0.2, 0.25) is 0 Å². The Hall–Kier alpha value is -1.26. The number of carbonyl (C=O) groups excluding carboxylic acids is 1. The lowest BCUT2D eigenvalue weighted by Gasteiger charge is -2.32. The Morgan fingerprint density at radius 2 is 2.00 bits per heavy atom. The first kappa shape index (κ1) is 17.8. The number of halogens is 1. The number of hydrogen-bond acceptors (Lipinski definition) is 3. The molecule has 1 heterocycles. The number of amides is 1. The maximum atomic E-state index is 12.3. The van der Waals surface area contributed by atoms with Crippen molar-refractivity contribution in [3.63, 3.8) is 0 Å². The first-order valence-electron chi connectivity index (χ1n) is 7.30. The molecule has 1 amide bonds. The lowest BCUT2D eigenvalue weighted by Crippen LogP contribution is -2.50. The van der Waals surface area contributed by atoms with Gasteiger partial charge in [-0.2, -0.15) is 0 Å². The quantitative estimate of drug-likeness (QED) is 0.848. The molecule has 0 spiro atoms. The predicted molar refractivity (Wildman–Crippen MR) is 86.9 cm³/mol. The Kier molecular flexibility index (Phi) is 6.99. The lowest BCUT2D eigenvalue weighted by atomic mass is 9.88. The van der Waals surface area contributed by atoms with Crippen LogP contribution in [0.3, 0.4) is 0 Å². The Morgan fingerprint density at radius 3 is 2.43 bits per heavy atom. The third-order valence-corrected chi connectivity index (χ3v) is 4.18. The van der Waals surface area contributed by atoms with Crippen molar-refractivity contribution in [3.05, 3.63) is 29.8 Å². The SMILES string of the molecule is CCC(NC(=O)C(C)C1CNC1)c1ccc(OC)cc1.Cl. The number of benzene rings is 1. The predicted octanol–water partition coefficient (Wildman–Crippen LogP) is 2.54. The highest BCUT2D eigenvalue weighted by Gasteiger charge is 2.29. The van der Waals surface area contributed by atoms with Gasteiger partial charge in [0.25, 0.3) is 0 Å². The van der Waals surface area contributed by atoms with Crippen LogP contribution in [0.25, 0.3) is 0 Å². The van der Waals surface area contributed by atoms with E-state index in [9.17, 15) is 4.79 Å². The van der Waals surface area contributed by atoms with Gasteiger partial charge >= 0.3 is 0 Å². The van der Waals surface area contributed by atoms with Gasteiger partial charge < -0.3 is 15.4 Å². The minimum atomic E-state index is 0. The molecule has 2 rings (SSSR count). The van der Waals surface area contributed by atoms with Crippen LogP contribution in [-0.2, 0) is 4.79 Å². The average molecular weight is 313 g/mol. The smallest absolute Gasteiger partial charge is 0.223 e. The number of rotatable bonds is 6. The molecular formula is C16H25ClN2O2. The van der Waals surface area contributed by atoms with E-state index in [1.807, 2.05) is 31.2 Å². The summed E-state index contributed by atoms with van der Waals surface area (Å²) in [7, 11) is 1.66. The van der Waals surface area contributed by atoms with Gasteiger partial charge in [-0.25, -0.2) is 0 Å². The second-order valence-electron chi connectivity index (χ2n) is 5.45. The Labute approximate surface area is 133 Å². The minimum Gasteiger partial charge on any atom is -0.497 e. The molecule has 0 aliphatic carbocycles. The molecule has 1 aromatic carbocycles. The molecular weight excluding hydrogens is 288 g/mol. The van der Waals surface area contributed by atoms with Gasteiger partial charge in [0.2, 0.25) is 5.91 Å². The van der Waals surface area contributed by atoms with Crippen molar-refractivity contribution in [2.45, 2.75) is 26.3 Å². The minimum absolute atomic E-state index is 0. The summed E-state index contributed by atoms with van der Waals surface area (Å²) in [6.07, 6.45) is 0.883. The van der Waals surface area contributed by atoms with Gasteiger partial charge in [0.15, 0.2) is 0 Å². The average Bonchev–Trinajstić information content (AvgIpc) is 2.42. The molecule has 2 atom stereocenters. The van der Waals surface area contributed by atoms with Gasteiger partial charge in [-0.1, -0.05) is 26.0 Å². The Morgan fingerprint density at radius 1 is 1.38 bits per heavy atom. The van der Waals surface area contributed by atoms with E-state index in [0.717, 1.165) is 30.8 Å². The molecule has 4 nitrogen and oxygen atoms in total. The highest BCUT2D eigenvalue weighted by molar-refractivity contribution is 5.85. The lowest BCUT2D eigenvalue weighted by molar-refractivity contribution is -0.127. The van der Waals surface area contributed by atoms with Crippen LogP contribution < -0.4 is 15.4 Å². The van der Waals surface area contributed by atoms with Crippen molar-refractivity contribution >= 4 is 18.3 Å². The summed E-state index contributed by atoms with van der Waals surface area (Å²) in [5.41, 5.74) is 1.13. The summed E-state index contributed by atoms with van der Waals surface area (Å²) in [5.74, 6) is 1.54. The number of hydrogen-bond donors (Lipinski definition) is 2. The number of methoxy groups -OCH3 is 1. The van der Waals surface area contributed by atoms with Crippen LogP contribution in [0.5, 0.6) is 5.75 Å². The van der Waals surface area contributed by atoms with Crippen molar-refractivity contribution in [1.29, 1.82) is 0 Å². The summed E-state index contributed by atoms with van der Waals surface area (Å²) >= 11 is 0. The van der Waals surface area contributed by atoms with Gasteiger partial charge in [0.1, 0.15) is 5.75 Å². The molecule has 1 aliphatic rings. The molecule has 1 aliphatic heterocycles. The molecule has 1 aromatic rings. The van der Waals surface area contributed by atoms with Crippen LogP contribution in [0.15, 0.2) is 24.3 Å². The van der Waals surface area contributed by atoms with Gasteiger partial charge in [0.05, 0.1) is 13.2 Å². The van der Waals surface area contributed by atoms with Crippen LogP contribution in [-0.4, -0.2) is 26.1 Å². The first-order valence-corrected chi connectivity index (χ1v) is 7.30. The fourth-order valence-electron chi connectivity index (χ4n) is 2.44. The Balaban J connectivity index is 0.00000220. The fraction of sp³-hybridized carbons (Fsp3) is 0.562. The van der Waals surface area contributed by atoms with Crippen LogP contribution in [0.1, 0.15) is 31.9 Å². The van der Waals surface area contributed by atoms with E-state index < -0.39 is 0 Å². The maximum Gasteiger partial charge on any atom is 0.223 e. The summed E-state index contributed by atoms with van der Waals surface area (Å²) in [6.45, 7) is 6.01. The van der Waals surface area contributed by atoms with Crippen molar-refractivity contribution in [2.24, 2.45) is 11.8 Å². The largest absolute Gasteiger partial charge is 0.497 e. The van der Waals surface area contributed by atoms with E-state index in [2.05, 4.69) is 17.6 Å². The fourth-order valence-corrected chi connectivity index (χ4v) is 2.44. The van der Waals surface area contributed by atoms with Crippen molar-refractivity contribution in [2.75, 3.05) is 20.2 Å². The molecule has 5 heteroatoms. The molecule has 21 heavy (non-hydrogen) atoms. The van der Waals surface area contributed by atoms with Crippen molar-refractivity contribution < 1.29 is 9.53 Å². The number of nitrogens with one attached hydrogen (secondary N) is 2. The first-order chi connectivity index (χ1) is 9.65. The zero-order valence-corrected chi connectivity index (χ0v) is 13.7. The molecule has 1 fully saturated rings. The standard InChI is InChI=1S/C16H24N2O2.ClH/c1-4-15(12-5-7-14(20-3)8-6-12)18-16(19)11(2)13-9-17-10-13;/h5-8,11,13,15,17H,4,9-10H2,1-3H3,(H,18,19);1H. The third kappa shape index (κ3) is 4.35. The van der Waals surface area contributed by atoms with Gasteiger partial charge in [-0.15, -0.1) is 12.4 Å². The number of ether oxygens (including phenoxy) is 1. The number of carbonyl (C=O) groups is 1. The van der Waals surface area contributed by atoms with Crippen LogP contribution in [0, 0.1) is 11.8 Å². The molecule has 118 valence electrons. The van der Waals surface area contributed by atoms with E-state index in [0.29, 0.717) is 5.92 Å². The van der Waals surface area contributed by atoms with Crippen LogP contribution >= 0.6 is 12.4 Å². The zero-order valence-electron chi connectivity index (χ0n) is 12.9. The second-order valence-corrected chi connectivity index (χ2v) is 5.45. The van der Waals surface area contributed by atoms with E-state index in [4.69, 9.17) is 4.74 Å². The van der Waals surface area contributed by atoms with Gasteiger partial charge in [-0.05, 0) is 43.1 Å².